The van der Waals surface area contributed by atoms with Crippen molar-refractivity contribution in [2.75, 3.05) is 0 Å². The van der Waals surface area contributed by atoms with Gasteiger partial charge in [0.05, 0.1) is 0 Å². The molecule has 17 heavy (non-hydrogen) atoms. The molecular formula is C17H30. The zero-order valence-corrected chi connectivity index (χ0v) is 12.0. The van der Waals surface area contributed by atoms with Crippen molar-refractivity contribution < 1.29 is 0 Å². The van der Waals surface area contributed by atoms with Crippen LogP contribution in [-0.4, -0.2) is 0 Å². The molecule has 3 aliphatic rings. The fourth-order valence-electron chi connectivity index (χ4n) is 5.32. The second-order valence-electron chi connectivity index (χ2n) is 7.86. The minimum atomic E-state index is 0.994. The van der Waals surface area contributed by atoms with E-state index in [0.717, 1.165) is 41.4 Å². The van der Waals surface area contributed by atoms with E-state index in [1.54, 1.807) is 38.5 Å². The lowest BCUT2D eigenvalue weighted by atomic mass is 9.56. The average molecular weight is 234 g/mol. The first-order valence-corrected chi connectivity index (χ1v) is 8.13. The second-order valence-corrected chi connectivity index (χ2v) is 7.86. The van der Waals surface area contributed by atoms with Gasteiger partial charge < -0.3 is 0 Å². The summed E-state index contributed by atoms with van der Waals surface area (Å²) in [4.78, 5) is 0. The largest absolute Gasteiger partial charge is 0.0625 e. The number of fused-ring (bicyclic) bond motifs is 2. The zero-order chi connectivity index (χ0) is 12.0. The van der Waals surface area contributed by atoms with E-state index >= 15 is 0 Å². The van der Waals surface area contributed by atoms with Crippen molar-refractivity contribution in [3.8, 4) is 0 Å². The van der Waals surface area contributed by atoms with E-state index in [2.05, 4.69) is 20.8 Å². The van der Waals surface area contributed by atoms with E-state index < -0.39 is 0 Å². The summed E-state index contributed by atoms with van der Waals surface area (Å²) in [5.74, 6) is 7.45. The van der Waals surface area contributed by atoms with Crippen LogP contribution >= 0.6 is 0 Å². The van der Waals surface area contributed by atoms with Gasteiger partial charge in [-0.2, -0.15) is 0 Å². The maximum atomic E-state index is 2.50. The Balaban J connectivity index is 1.68. The fourth-order valence-corrected chi connectivity index (χ4v) is 5.32. The van der Waals surface area contributed by atoms with Gasteiger partial charge in [-0.25, -0.2) is 0 Å². The molecular weight excluding hydrogens is 204 g/mol. The van der Waals surface area contributed by atoms with E-state index in [9.17, 15) is 0 Å². The molecule has 0 heterocycles. The molecule has 3 fully saturated rings. The Bertz CT molecular complexity index is 269. The lowest BCUT2D eigenvalue weighted by Crippen LogP contribution is -2.40. The number of rotatable bonds is 0. The van der Waals surface area contributed by atoms with Crippen molar-refractivity contribution in [3.05, 3.63) is 0 Å². The summed E-state index contributed by atoms with van der Waals surface area (Å²) in [6, 6.07) is 0. The molecule has 0 heteroatoms. The molecule has 0 aliphatic heterocycles. The van der Waals surface area contributed by atoms with E-state index in [-0.39, 0.29) is 0 Å². The highest BCUT2D eigenvalue weighted by Crippen LogP contribution is 2.52. The number of hydrogen-bond donors (Lipinski definition) is 0. The Morgan fingerprint density at radius 3 is 1.71 bits per heavy atom. The highest BCUT2D eigenvalue weighted by molar-refractivity contribution is 4.93. The fraction of sp³-hybridized carbons (Fsp3) is 1.00. The molecule has 3 saturated carbocycles. The molecule has 0 N–H and O–H groups in total. The van der Waals surface area contributed by atoms with Crippen molar-refractivity contribution >= 4 is 0 Å². The van der Waals surface area contributed by atoms with Crippen LogP contribution in [0.15, 0.2) is 0 Å². The van der Waals surface area contributed by atoms with Crippen molar-refractivity contribution in [3.63, 3.8) is 0 Å². The smallest absolute Gasteiger partial charge is 0.0380 e. The maximum Gasteiger partial charge on any atom is -0.0380 e. The van der Waals surface area contributed by atoms with Crippen LogP contribution in [0.1, 0.15) is 65.7 Å². The Labute approximate surface area is 108 Å². The Hall–Kier alpha value is 0. The van der Waals surface area contributed by atoms with Crippen LogP contribution in [0.3, 0.4) is 0 Å². The third-order valence-corrected chi connectivity index (χ3v) is 6.60. The minimum Gasteiger partial charge on any atom is -0.0625 e. The zero-order valence-electron chi connectivity index (χ0n) is 12.0. The lowest BCUT2D eigenvalue weighted by Gasteiger charge is -2.50. The Kier molecular flexibility index (Phi) is 3.26. The second kappa shape index (κ2) is 4.59. The van der Waals surface area contributed by atoms with Crippen LogP contribution in [0.25, 0.3) is 0 Å². The summed E-state index contributed by atoms with van der Waals surface area (Å²) in [6.07, 6.45) is 10.9. The third-order valence-electron chi connectivity index (χ3n) is 6.60. The normalized spacial score (nSPS) is 54.9. The van der Waals surface area contributed by atoms with Gasteiger partial charge in [-0.1, -0.05) is 27.2 Å². The lowest BCUT2D eigenvalue weighted by molar-refractivity contribution is 0.00785. The van der Waals surface area contributed by atoms with Gasteiger partial charge in [0.15, 0.2) is 0 Å². The van der Waals surface area contributed by atoms with Gasteiger partial charge in [-0.05, 0) is 80.0 Å². The van der Waals surface area contributed by atoms with Gasteiger partial charge in [0.1, 0.15) is 0 Å². The molecule has 0 nitrogen and oxygen atoms in total. The van der Waals surface area contributed by atoms with Crippen LogP contribution in [0, 0.1) is 41.4 Å². The average Bonchev–Trinajstić information content (AvgIpc) is 2.28. The summed E-state index contributed by atoms with van der Waals surface area (Å²) in [5.41, 5.74) is 0. The SMILES string of the molecule is CC1CCC2CC3CC(C)C(C)CC3CC2C1. The van der Waals surface area contributed by atoms with E-state index in [4.69, 9.17) is 0 Å². The first-order chi connectivity index (χ1) is 8.13. The highest BCUT2D eigenvalue weighted by Gasteiger charge is 2.42. The summed E-state index contributed by atoms with van der Waals surface area (Å²) in [6.45, 7) is 7.47. The summed E-state index contributed by atoms with van der Waals surface area (Å²) < 4.78 is 0. The van der Waals surface area contributed by atoms with E-state index in [1.165, 1.54) is 6.42 Å². The molecule has 3 rings (SSSR count). The molecule has 0 aromatic rings. The van der Waals surface area contributed by atoms with Gasteiger partial charge >= 0.3 is 0 Å². The van der Waals surface area contributed by atoms with Crippen molar-refractivity contribution in [1.29, 1.82) is 0 Å². The van der Waals surface area contributed by atoms with Crippen LogP contribution in [0.2, 0.25) is 0 Å². The monoisotopic (exact) mass is 234 g/mol. The first-order valence-electron chi connectivity index (χ1n) is 8.13. The van der Waals surface area contributed by atoms with Crippen LogP contribution < -0.4 is 0 Å². The van der Waals surface area contributed by atoms with E-state index in [0.29, 0.717) is 0 Å². The predicted molar refractivity (Wildman–Crippen MR) is 73.8 cm³/mol. The van der Waals surface area contributed by atoms with Gasteiger partial charge in [0, 0.05) is 0 Å². The van der Waals surface area contributed by atoms with E-state index in [1.807, 2.05) is 0 Å². The quantitative estimate of drug-likeness (QED) is 0.545. The molecule has 0 aromatic heterocycles. The summed E-state index contributed by atoms with van der Waals surface area (Å²) >= 11 is 0. The molecule has 98 valence electrons. The van der Waals surface area contributed by atoms with Gasteiger partial charge in [0.2, 0.25) is 0 Å². The molecule has 0 bridgehead atoms. The Morgan fingerprint density at radius 2 is 1.06 bits per heavy atom. The van der Waals surface area contributed by atoms with Gasteiger partial charge in [-0.3, -0.25) is 0 Å². The molecule has 7 unspecified atom stereocenters. The minimum absolute atomic E-state index is 0.994. The standard InChI is InChI=1S/C17H30/c1-11-4-5-14-9-16-7-12(2)13(3)8-17(16)10-15(14)6-11/h11-17H,4-10H2,1-3H3. The van der Waals surface area contributed by atoms with Crippen molar-refractivity contribution in [2.45, 2.75) is 65.7 Å². The Morgan fingerprint density at radius 1 is 0.529 bits per heavy atom. The molecule has 0 saturated heterocycles. The van der Waals surface area contributed by atoms with Crippen molar-refractivity contribution in [1.82, 2.24) is 0 Å². The van der Waals surface area contributed by atoms with Crippen LogP contribution in [0.5, 0.6) is 0 Å². The highest BCUT2D eigenvalue weighted by atomic mass is 14.5. The maximum absolute atomic E-state index is 2.50. The van der Waals surface area contributed by atoms with Gasteiger partial charge in [0.25, 0.3) is 0 Å². The van der Waals surface area contributed by atoms with Crippen molar-refractivity contribution in [2.24, 2.45) is 41.4 Å². The molecule has 3 aliphatic carbocycles. The van der Waals surface area contributed by atoms with Crippen LogP contribution in [-0.2, 0) is 0 Å². The third kappa shape index (κ3) is 2.29. The molecule has 0 spiro atoms. The predicted octanol–water partition coefficient (Wildman–Crippen LogP) is 5.13. The van der Waals surface area contributed by atoms with Gasteiger partial charge in [-0.15, -0.1) is 0 Å². The number of hydrogen-bond acceptors (Lipinski definition) is 0. The van der Waals surface area contributed by atoms with Crippen LogP contribution in [0.4, 0.5) is 0 Å². The molecule has 7 atom stereocenters. The topological polar surface area (TPSA) is 0 Å². The summed E-state index contributed by atoms with van der Waals surface area (Å²) in [5, 5.41) is 0. The molecule has 0 radical (unpaired) electrons. The first kappa shape index (κ1) is 12.1. The molecule has 0 amide bonds. The summed E-state index contributed by atoms with van der Waals surface area (Å²) in [7, 11) is 0. The molecule has 0 aromatic carbocycles.